The topological polar surface area (TPSA) is 110 Å². The molecule has 0 bridgehead atoms. The van der Waals surface area contributed by atoms with Crippen LogP contribution in [0.1, 0.15) is 81.9 Å². The normalized spacial score (nSPS) is 18.1. The number of fused-ring (bicyclic) bond motifs is 1. The minimum Gasteiger partial charge on any atom is -0.478 e. The van der Waals surface area contributed by atoms with Gasteiger partial charge in [-0.3, -0.25) is 13.9 Å². The van der Waals surface area contributed by atoms with Gasteiger partial charge in [0.2, 0.25) is 0 Å². The molecule has 0 unspecified atom stereocenters. The second-order valence-electron chi connectivity index (χ2n) is 9.49. The highest BCUT2D eigenvalue weighted by atomic mass is 16.4. The van der Waals surface area contributed by atoms with Gasteiger partial charge in [-0.15, -0.1) is 0 Å². The predicted octanol–water partition coefficient (Wildman–Crippen LogP) is 4.66. The van der Waals surface area contributed by atoms with E-state index in [2.05, 4.69) is 9.97 Å². The van der Waals surface area contributed by atoms with Crippen LogP contribution in [0, 0.1) is 0 Å². The molecule has 2 fully saturated rings. The van der Waals surface area contributed by atoms with Crippen molar-refractivity contribution < 1.29 is 9.90 Å². The van der Waals surface area contributed by atoms with Gasteiger partial charge in [-0.05, 0) is 37.3 Å². The Kier molecular flexibility index (Phi) is 6.22. The second-order valence-corrected chi connectivity index (χ2v) is 9.49. The van der Waals surface area contributed by atoms with Crippen LogP contribution in [0.15, 0.2) is 39.9 Å². The van der Waals surface area contributed by atoms with Gasteiger partial charge in [-0.25, -0.2) is 14.6 Å². The van der Waals surface area contributed by atoms with E-state index >= 15 is 0 Å². The summed E-state index contributed by atoms with van der Waals surface area (Å²) < 4.78 is 3.30. The van der Waals surface area contributed by atoms with Crippen molar-refractivity contribution in [1.82, 2.24) is 19.1 Å². The van der Waals surface area contributed by atoms with Crippen molar-refractivity contribution in [2.24, 2.45) is 0 Å². The quantitative estimate of drug-likeness (QED) is 0.536. The summed E-state index contributed by atoms with van der Waals surface area (Å²) in [6.07, 6.45) is 12.7. The number of hydrogen-bond donors (Lipinski definition) is 2. The summed E-state index contributed by atoms with van der Waals surface area (Å²) >= 11 is 0. The number of imidazole rings is 1. The molecule has 5 rings (SSSR count). The monoisotopic (exact) mass is 462 g/mol. The van der Waals surface area contributed by atoms with Crippen molar-refractivity contribution >= 4 is 23.2 Å². The number of aliphatic carboxylic acids is 1. The molecule has 8 nitrogen and oxygen atoms in total. The molecular weight excluding hydrogens is 432 g/mol. The molecule has 0 spiro atoms. The number of nitrogens with one attached hydrogen (secondary N) is 1. The molecular formula is C26H30N4O4. The standard InChI is InChI=1S/C26H30N4O4/c31-21(32)16-13-17-11-14-18(15-12-17)23-27-22-24(28-23)29(19-7-3-1-4-8-19)26(34)30(25(22)33)20-9-5-2-6-10-20/h11-16,19-20H,1-10H2,(H,27,28)(H,31,32). The number of benzene rings is 1. The van der Waals surface area contributed by atoms with Crippen molar-refractivity contribution in [2.75, 3.05) is 0 Å². The summed E-state index contributed by atoms with van der Waals surface area (Å²) in [7, 11) is 0. The molecule has 3 aromatic rings. The third-order valence-electron chi connectivity index (χ3n) is 7.24. The van der Waals surface area contributed by atoms with E-state index in [9.17, 15) is 14.4 Å². The Bertz CT molecular complexity index is 1330. The molecule has 2 aromatic heterocycles. The average molecular weight is 463 g/mol. The Morgan fingerprint density at radius 3 is 2.09 bits per heavy atom. The van der Waals surface area contributed by atoms with Crippen LogP contribution in [-0.4, -0.2) is 30.2 Å². The maximum absolute atomic E-state index is 13.7. The summed E-state index contributed by atoms with van der Waals surface area (Å²) in [6, 6.07) is 7.28. The maximum Gasteiger partial charge on any atom is 0.333 e. The largest absolute Gasteiger partial charge is 0.478 e. The molecule has 2 heterocycles. The Morgan fingerprint density at radius 2 is 1.50 bits per heavy atom. The number of aromatic amines is 1. The highest BCUT2D eigenvalue weighted by molar-refractivity contribution is 5.85. The van der Waals surface area contributed by atoms with E-state index in [0.717, 1.165) is 75.0 Å². The number of carboxylic acids is 1. The SMILES string of the molecule is O=C(O)C=Cc1ccc(-c2nc3c(=O)n(C4CCCCC4)c(=O)n(C4CCCCC4)c3[nH]2)cc1. The highest BCUT2D eigenvalue weighted by Crippen LogP contribution is 2.31. The van der Waals surface area contributed by atoms with Gasteiger partial charge in [0.25, 0.3) is 5.56 Å². The van der Waals surface area contributed by atoms with E-state index in [4.69, 9.17) is 5.11 Å². The Hall–Kier alpha value is -3.42. The van der Waals surface area contributed by atoms with Gasteiger partial charge in [-0.2, -0.15) is 0 Å². The molecule has 2 aliphatic rings. The number of nitrogens with zero attached hydrogens (tertiary/aromatic N) is 3. The van der Waals surface area contributed by atoms with E-state index < -0.39 is 5.97 Å². The van der Waals surface area contributed by atoms with Crippen LogP contribution in [-0.2, 0) is 4.79 Å². The fourth-order valence-electron chi connectivity index (χ4n) is 5.50. The molecule has 2 aliphatic carbocycles. The highest BCUT2D eigenvalue weighted by Gasteiger charge is 2.28. The first-order valence-electron chi connectivity index (χ1n) is 12.3. The minimum absolute atomic E-state index is 0.0616. The van der Waals surface area contributed by atoms with Crippen LogP contribution < -0.4 is 11.2 Å². The van der Waals surface area contributed by atoms with Gasteiger partial charge in [0.15, 0.2) is 5.52 Å². The van der Waals surface area contributed by atoms with E-state index in [-0.39, 0.29) is 23.3 Å². The van der Waals surface area contributed by atoms with Gasteiger partial charge in [0.1, 0.15) is 11.5 Å². The number of carboxylic acid groups (broad SMARTS) is 1. The summed E-state index contributed by atoms with van der Waals surface area (Å²) in [4.78, 5) is 46.0. The van der Waals surface area contributed by atoms with Gasteiger partial charge >= 0.3 is 11.7 Å². The first-order chi connectivity index (χ1) is 16.5. The molecule has 0 atom stereocenters. The van der Waals surface area contributed by atoms with Crippen molar-refractivity contribution in [3.8, 4) is 11.4 Å². The van der Waals surface area contributed by atoms with Crippen LogP contribution in [0.3, 0.4) is 0 Å². The smallest absolute Gasteiger partial charge is 0.333 e. The van der Waals surface area contributed by atoms with Crippen LogP contribution in [0.2, 0.25) is 0 Å². The van der Waals surface area contributed by atoms with Crippen LogP contribution in [0.5, 0.6) is 0 Å². The summed E-state index contributed by atoms with van der Waals surface area (Å²) in [5.74, 6) is -0.470. The van der Waals surface area contributed by atoms with E-state index in [1.54, 1.807) is 12.1 Å². The Labute approximate surface area is 197 Å². The number of aromatic nitrogens is 4. The number of hydrogen-bond acceptors (Lipinski definition) is 4. The van der Waals surface area contributed by atoms with Crippen molar-refractivity contribution in [3.05, 3.63) is 56.7 Å². The van der Waals surface area contributed by atoms with Gasteiger partial charge < -0.3 is 10.1 Å². The zero-order valence-corrected chi connectivity index (χ0v) is 19.2. The summed E-state index contributed by atoms with van der Waals surface area (Å²) in [6.45, 7) is 0. The van der Waals surface area contributed by atoms with Crippen molar-refractivity contribution in [1.29, 1.82) is 0 Å². The van der Waals surface area contributed by atoms with Crippen LogP contribution in [0.4, 0.5) is 0 Å². The molecule has 178 valence electrons. The lowest BCUT2D eigenvalue weighted by atomic mass is 9.94. The predicted molar refractivity (Wildman–Crippen MR) is 131 cm³/mol. The zero-order valence-electron chi connectivity index (χ0n) is 19.2. The minimum atomic E-state index is -1.00. The molecule has 0 radical (unpaired) electrons. The lowest BCUT2D eigenvalue weighted by molar-refractivity contribution is -0.131. The summed E-state index contributed by atoms with van der Waals surface area (Å²) in [5, 5.41) is 8.83. The first kappa shape index (κ1) is 22.4. The second kappa shape index (κ2) is 9.44. The lowest BCUT2D eigenvalue weighted by Gasteiger charge is -2.28. The molecule has 0 aliphatic heterocycles. The molecule has 0 amide bonds. The van der Waals surface area contributed by atoms with Crippen LogP contribution >= 0.6 is 0 Å². The number of carbonyl (C=O) groups is 1. The maximum atomic E-state index is 13.7. The third-order valence-corrected chi connectivity index (χ3v) is 7.24. The molecule has 8 heteroatoms. The number of H-pyrrole nitrogens is 1. The van der Waals surface area contributed by atoms with Gasteiger partial charge in [-0.1, -0.05) is 62.8 Å². The Balaban J connectivity index is 1.64. The van der Waals surface area contributed by atoms with E-state index in [0.29, 0.717) is 17.0 Å². The van der Waals surface area contributed by atoms with Crippen LogP contribution in [0.25, 0.3) is 28.6 Å². The first-order valence-corrected chi connectivity index (χ1v) is 12.3. The number of rotatable bonds is 5. The zero-order chi connectivity index (χ0) is 23.7. The lowest BCUT2D eigenvalue weighted by Crippen LogP contribution is -2.44. The fourth-order valence-corrected chi connectivity index (χ4v) is 5.50. The molecule has 2 saturated carbocycles. The average Bonchev–Trinajstić information content (AvgIpc) is 3.30. The molecule has 2 N–H and O–H groups in total. The van der Waals surface area contributed by atoms with Crippen molar-refractivity contribution in [3.63, 3.8) is 0 Å². The Morgan fingerprint density at radius 1 is 0.912 bits per heavy atom. The molecule has 1 aromatic carbocycles. The van der Waals surface area contributed by atoms with Gasteiger partial charge in [0, 0.05) is 23.7 Å². The third kappa shape index (κ3) is 4.24. The summed E-state index contributed by atoms with van der Waals surface area (Å²) in [5.41, 5.74) is 1.85. The van der Waals surface area contributed by atoms with Gasteiger partial charge in [0.05, 0.1) is 0 Å². The fraction of sp³-hybridized carbons (Fsp3) is 0.462. The van der Waals surface area contributed by atoms with E-state index in [1.165, 1.54) is 17.1 Å². The van der Waals surface area contributed by atoms with E-state index in [1.807, 2.05) is 16.7 Å². The molecule has 0 saturated heterocycles. The van der Waals surface area contributed by atoms with Crippen molar-refractivity contribution in [2.45, 2.75) is 76.3 Å². The molecule has 34 heavy (non-hydrogen) atoms.